The molecule has 1 heterocycles. The van der Waals surface area contributed by atoms with E-state index >= 15 is 0 Å². The third-order valence-electron chi connectivity index (χ3n) is 3.68. The molecule has 0 unspecified atom stereocenters. The minimum atomic E-state index is -0.523. The number of halogens is 1. The van der Waals surface area contributed by atoms with Crippen molar-refractivity contribution in [3.05, 3.63) is 73.8 Å². The fraction of sp³-hybridized carbons (Fsp3) is 0.118. The van der Waals surface area contributed by atoms with Gasteiger partial charge in [-0.2, -0.15) is 0 Å². The topological polar surface area (TPSA) is 73.1 Å². The van der Waals surface area contributed by atoms with Crippen LogP contribution in [0.5, 0.6) is 0 Å². The van der Waals surface area contributed by atoms with Crippen LogP contribution in [-0.4, -0.2) is 15.0 Å². The van der Waals surface area contributed by atoms with Gasteiger partial charge in [0.15, 0.2) is 0 Å². The second-order valence-electron chi connectivity index (χ2n) is 5.31. The quantitative estimate of drug-likeness (QED) is 0.747. The first kappa shape index (κ1) is 16.2. The summed E-state index contributed by atoms with van der Waals surface area (Å²) >= 11 is 3.33. The Hall–Kier alpha value is -2.67. The maximum atomic E-state index is 12.4. The zero-order chi connectivity index (χ0) is 17.3. The van der Waals surface area contributed by atoms with Crippen molar-refractivity contribution in [3.8, 4) is 0 Å². The van der Waals surface area contributed by atoms with Crippen molar-refractivity contribution < 1.29 is 4.79 Å². The molecule has 1 amide bonds. The van der Waals surface area contributed by atoms with Gasteiger partial charge < -0.3 is 5.32 Å². The SMILES string of the molecule is Cn1c(=O)c2ccccc2n(CC(=O)Nc2ccc(Br)cc2)c1=O. The van der Waals surface area contributed by atoms with Gasteiger partial charge in [0.25, 0.3) is 5.56 Å². The van der Waals surface area contributed by atoms with Crippen molar-refractivity contribution in [2.75, 3.05) is 5.32 Å². The molecule has 24 heavy (non-hydrogen) atoms. The highest BCUT2D eigenvalue weighted by molar-refractivity contribution is 9.10. The summed E-state index contributed by atoms with van der Waals surface area (Å²) < 4.78 is 3.21. The molecule has 0 saturated heterocycles. The summed E-state index contributed by atoms with van der Waals surface area (Å²) in [6, 6.07) is 13.9. The second kappa shape index (κ2) is 6.45. The van der Waals surface area contributed by atoms with E-state index < -0.39 is 5.69 Å². The molecule has 1 N–H and O–H groups in total. The number of rotatable bonds is 3. The molecule has 6 nitrogen and oxygen atoms in total. The van der Waals surface area contributed by atoms with Crippen LogP contribution in [0.4, 0.5) is 5.69 Å². The standard InChI is InChI=1S/C17H14BrN3O3/c1-20-16(23)13-4-2-3-5-14(13)21(17(20)24)10-15(22)19-12-8-6-11(18)7-9-12/h2-9H,10H2,1H3,(H,19,22). The van der Waals surface area contributed by atoms with Crippen LogP contribution in [0.3, 0.4) is 0 Å². The molecule has 2 aromatic carbocycles. The van der Waals surface area contributed by atoms with Crippen molar-refractivity contribution in [2.24, 2.45) is 7.05 Å². The van der Waals surface area contributed by atoms with Crippen molar-refractivity contribution in [3.63, 3.8) is 0 Å². The summed E-state index contributed by atoms with van der Waals surface area (Å²) in [5.41, 5.74) is 0.173. The molecule has 0 atom stereocenters. The lowest BCUT2D eigenvalue weighted by Gasteiger charge is -2.12. The van der Waals surface area contributed by atoms with Gasteiger partial charge in [-0.15, -0.1) is 0 Å². The van der Waals surface area contributed by atoms with E-state index in [0.29, 0.717) is 16.6 Å². The van der Waals surface area contributed by atoms with Gasteiger partial charge in [-0.3, -0.25) is 18.7 Å². The molecule has 0 aliphatic rings. The van der Waals surface area contributed by atoms with Crippen LogP contribution in [-0.2, 0) is 18.4 Å². The van der Waals surface area contributed by atoms with Gasteiger partial charge in [-0.25, -0.2) is 4.79 Å². The molecule has 0 radical (unpaired) electrons. The number of para-hydroxylation sites is 1. The molecule has 0 spiro atoms. The van der Waals surface area contributed by atoms with E-state index in [1.807, 2.05) is 12.1 Å². The van der Waals surface area contributed by atoms with E-state index in [1.165, 1.54) is 11.6 Å². The van der Waals surface area contributed by atoms with E-state index in [-0.39, 0.29) is 18.0 Å². The number of fused-ring (bicyclic) bond motifs is 1. The average Bonchev–Trinajstić information content (AvgIpc) is 2.59. The second-order valence-corrected chi connectivity index (χ2v) is 6.22. The molecule has 0 saturated carbocycles. The van der Waals surface area contributed by atoms with Crippen molar-refractivity contribution in [1.82, 2.24) is 9.13 Å². The molecule has 3 rings (SSSR count). The summed E-state index contributed by atoms with van der Waals surface area (Å²) in [6.07, 6.45) is 0. The van der Waals surface area contributed by atoms with Crippen LogP contribution in [0.15, 0.2) is 62.6 Å². The smallest absolute Gasteiger partial charge is 0.325 e. The van der Waals surface area contributed by atoms with Crippen molar-refractivity contribution in [1.29, 1.82) is 0 Å². The number of carbonyl (C=O) groups is 1. The fourth-order valence-electron chi connectivity index (χ4n) is 2.47. The lowest BCUT2D eigenvalue weighted by molar-refractivity contribution is -0.116. The maximum Gasteiger partial charge on any atom is 0.331 e. The van der Waals surface area contributed by atoms with Gasteiger partial charge in [-0.05, 0) is 36.4 Å². The Morgan fingerprint density at radius 2 is 1.75 bits per heavy atom. The van der Waals surface area contributed by atoms with Crippen LogP contribution in [0.25, 0.3) is 10.9 Å². The lowest BCUT2D eigenvalue weighted by Crippen LogP contribution is -2.40. The van der Waals surface area contributed by atoms with Crippen molar-refractivity contribution in [2.45, 2.75) is 6.54 Å². The Labute approximate surface area is 145 Å². The van der Waals surface area contributed by atoms with Gasteiger partial charge in [0.2, 0.25) is 5.91 Å². The Balaban J connectivity index is 1.98. The number of amides is 1. The van der Waals surface area contributed by atoms with Gasteiger partial charge in [0.05, 0.1) is 10.9 Å². The number of hydrogen-bond acceptors (Lipinski definition) is 3. The fourth-order valence-corrected chi connectivity index (χ4v) is 2.74. The summed E-state index contributed by atoms with van der Waals surface area (Å²) in [5, 5.41) is 3.14. The largest absolute Gasteiger partial charge is 0.331 e. The van der Waals surface area contributed by atoms with Crippen LogP contribution in [0, 0.1) is 0 Å². The zero-order valence-corrected chi connectivity index (χ0v) is 14.4. The van der Waals surface area contributed by atoms with Gasteiger partial charge in [-0.1, -0.05) is 28.1 Å². The van der Waals surface area contributed by atoms with Gasteiger partial charge in [0.1, 0.15) is 6.54 Å². The molecule has 3 aromatic rings. The third kappa shape index (κ3) is 3.03. The maximum absolute atomic E-state index is 12.4. The number of nitrogens with zero attached hydrogens (tertiary/aromatic N) is 2. The molecule has 0 bridgehead atoms. The average molecular weight is 388 g/mol. The van der Waals surface area contributed by atoms with E-state index in [0.717, 1.165) is 9.04 Å². The predicted molar refractivity (Wildman–Crippen MR) is 96.2 cm³/mol. The van der Waals surface area contributed by atoms with Crippen LogP contribution >= 0.6 is 15.9 Å². The molecule has 122 valence electrons. The Bertz CT molecular complexity index is 1040. The lowest BCUT2D eigenvalue weighted by atomic mass is 10.2. The number of anilines is 1. The number of aromatic nitrogens is 2. The van der Waals surface area contributed by atoms with Crippen LogP contribution in [0.2, 0.25) is 0 Å². The van der Waals surface area contributed by atoms with Crippen LogP contribution in [0.1, 0.15) is 0 Å². The zero-order valence-electron chi connectivity index (χ0n) is 12.8. The first-order chi connectivity index (χ1) is 11.5. The van der Waals surface area contributed by atoms with E-state index in [9.17, 15) is 14.4 Å². The van der Waals surface area contributed by atoms with E-state index in [2.05, 4.69) is 21.2 Å². The number of carbonyl (C=O) groups excluding carboxylic acids is 1. The minimum Gasteiger partial charge on any atom is -0.325 e. The summed E-state index contributed by atoms with van der Waals surface area (Å²) in [4.78, 5) is 36.8. The highest BCUT2D eigenvalue weighted by Gasteiger charge is 2.13. The summed E-state index contributed by atoms with van der Waals surface area (Å²) in [6.45, 7) is -0.177. The first-order valence-corrected chi connectivity index (χ1v) is 8.00. The Kier molecular flexibility index (Phi) is 4.35. The third-order valence-corrected chi connectivity index (χ3v) is 4.21. The highest BCUT2D eigenvalue weighted by Crippen LogP contribution is 2.14. The summed E-state index contributed by atoms with van der Waals surface area (Å²) in [5.74, 6) is -0.344. The van der Waals surface area contributed by atoms with E-state index in [4.69, 9.17) is 0 Å². The summed E-state index contributed by atoms with van der Waals surface area (Å²) in [7, 11) is 1.40. The normalized spacial score (nSPS) is 10.8. The molecule has 1 aromatic heterocycles. The number of benzene rings is 2. The van der Waals surface area contributed by atoms with Crippen LogP contribution < -0.4 is 16.6 Å². The van der Waals surface area contributed by atoms with Gasteiger partial charge in [0, 0.05) is 17.2 Å². The molecule has 7 heteroatoms. The van der Waals surface area contributed by atoms with Gasteiger partial charge >= 0.3 is 5.69 Å². The number of hydrogen-bond donors (Lipinski definition) is 1. The predicted octanol–water partition coefficient (Wildman–Crippen LogP) is 2.10. The Morgan fingerprint density at radius 1 is 1.08 bits per heavy atom. The van der Waals surface area contributed by atoms with Crippen molar-refractivity contribution >= 4 is 38.4 Å². The molecule has 0 fully saturated rings. The number of nitrogens with one attached hydrogen (secondary N) is 1. The van der Waals surface area contributed by atoms with E-state index in [1.54, 1.807) is 36.4 Å². The molecular weight excluding hydrogens is 374 g/mol. The highest BCUT2D eigenvalue weighted by atomic mass is 79.9. The molecular formula is C17H14BrN3O3. The monoisotopic (exact) mass is 387 g/mol. The first-order valence-electron chi connectivity index (χ1n) is 7.21. The molecule has 0 aliphatic heterocycles. The Morgan fingerprint density at radius 3 is 2.46 bits per heavy atom. The minimum absolute atomic E-state index is 0.177. The molecule has 0 aliphatic carbocycles.